The lowest BCUT2D eigenvalue weighted by Gasteiger charge is -2.15. The van der Waals surface area contributed by atoms with Crippen LogP contribution in [0.25, 0.3) is 0 Å². The summed E-state index contributed by atoms with van der Waals surface area (Å²) in [6.07, 6.45) is 1.53. The monoisotopic (exact) mass is 250 g/mol. The molecule has 0 saturated heterocycles. The molecule has 1 aromatic carbocycles. The van der Waals surface area contributed by atoms with Gasteiger partial charge in [0.15, 0.2) is 0 Å². The maximum Gasteiger partial charge on any atom is 0.310 e. The average Bonchev–Trinajstić information content (AvgIpc) is 2.34. The van der Waals surface area contributed by atoms with Gasteiger partial charge >= 0.3 is 11.9 Å². The summed E-state index contributed by atoms with van der Waals surface area (Å²) in [6, 6.07) is 7.45. The molecule has 98 valence electrons. The van der Waals surface area contributed by atoms with E-state index in [1.807, 2.05) is 31.2 Å². The van der Waals surface area contributed by atoms with E-state index in [0.29, 0.717) is 12.8 Å². The van der Waals surface area contributed by atoms with Gasteiger partial charge in [0.2, 0.25) is 0 Å². The number of rotatable bonds is 7. The molecule has 0 radical (unpaired) electrons. The van der Waals surface area contributed by atoms with Crippen molar-refractivity contribution in [3.05, 3.63) is 35.4 Å². The largest absolute Gasteiger partial charge is 0.481 e. The van der Waals surface area contributed by atoms with Gasteiger partial charge < -0.3 is 10.2 Å². The van der Waals surface area contributed by atoms with Crippen LogP contribution in [0, 0.1) is 0 Å². The van der Waals surface area contributed by atoms with Crippen molar-refractivity contribution in [2.24, 2.45) is 0 Å². The molecule has 0 aliphatic rings. The Bertz CT molecular complexity index is 426. The third-order valence-corrected chi connectivity index (χ3v) is 2.99. The number of hydrogen-bond acceptors (Lipinski definition) is 2. The van der Waals surface area contributed by atoms with Crippen molar-refractivity contribution in [2.45, 2.75) is 38.5 Å². The van der Waals surface area contributed by atoms with E-state index in [2.05, 4.69) is 0 Å². The SMILES string of the molecule is CCc1ccccc1C(CCCC(=O)O)C(=O)O. The summed E-state index contributed by atoms with van der Waals surface area (Å²) in [4.78, 5) is 21.8. The highest BCUT2D eigenvalue weighted by Crippen LogP contribution is 2.26. The van der Waals surface area contributed by atoms with Crippen molar-refractivity contribution < 1.29 is 19.8 Å². The van der Waals surface area contributed by atoms with Gasteiger partial charge in [-0.15, -0.1) is 0 Å². The van der Waals surface area contributed by atoms with Crippen LogP contribution in [-0.4, -0.2) is 22.2 Å². The van der Waals surface area contributed by atoms with Crippen LogP contribution in [0.3, 0.4) is 0 Å². The quantitative estimate of drug-likeness (QED) is 0.780. The summed E-state index contributed by atoms with van der Waals surface area (Å²) in [5, 5.41) is 17.9. The fraction of sp³-hybridized carbons (Fsp3) is 0.429. The Morgan fingerprint density at radius 1 is 1.22 bits per heavy atom. The second-order valence-electron chi connectivity index (χ2n) is 4.23. The summed E-state index contributed by atoms with van der Waals surface area (Å²) < 4.78 is 0. The highest BCUT2D eigenvalue weighted by atomic mass is 16.4. The molecular formula is C14H18O4. The number of hydrogen-bond donors (Lipinski definition) is 2. The lowest BCUT2D eigenvalue weighted by molar-refractivity contribution is -0.140. The van der Waals surface area contributed by atoms with Gasteiger partial charge in [-0.25, -0.2) is 0 Å². The third-order valence-electron chi connectivity index (χ3n) is 2.99. The predicted molar refractivity (Wildman–Crippen MR) is 67.7 cm³/mol. The minimum Gasteiger partial charge on any atom is -0.481 e. The molecule has 4 nitrogen and oxygen atoms in total. The standard InChI is InChI=1S/C14H18O4/c1-2-10-6-3-4-7-11(10)12(14(17)18)8-5-9-13(15)16/h3-4,6-7,12H,2,5,8-9H2,1H3,(H,15,16)(H,17,18). The third kappa shape index (κ3) is 3.87. The molecule has 0 aliphatic heterocycles. The topological polar surface area (TPSA) is 74.6 Å². The van der Waals surface area contributed by atoms with Crippen LogP contribution in [0.1, 0.15) is 43.2 Å². The molecule has 2 N–H and O–H groups in total. The Morgan fingerprint density at radius 3 is 2.44 bits per heavy atom. The van der Waals surface area contributed by atoms with E-state index in [1.165, 1.54) is 0 Å². The Balaban J connectivity index is 2.84. The molecule has 1 aromatic rings. The highest BCUT2D eigenvalue weighted by molar-refractivity contribution is 5.76. The zero-order chi connectivity index (χ0) is 13.5. The molecule has 1 rings (SSSR count). The molecule has 0 aliphatic carbocycles. The molecule has 1 atom stereocenters. The van der Waals surface area contributed by atoms with Crippen molar-refractivity contribution in [1.82, 2.24) is 0 Å². The molecule has 0 amide bonds. The van der Waals surface area contributed by atoms with Crippen LogP contribution in [0.4, 0.5) is 0 Å². The number of carboxylic acids is 2. The molecule has 0 fully saturated rings. The molecule has 0 bridgehead atoms. The van der Waals surface area contributed by atoms with Gasteiger partial charge in [0.1, 0.15) is 0 Å². The van der Waals surface area contributed by atoms with Crippen molar-refractivity contribution in [1.29, 1.82) is 0 Å². The normalized spacial score (nSPS) is 12.1. The maximum atomic E-state index is 11.3. The fourth-order valence-corrected chi connectivity index (χ4v) is 2.07. The van der Waals surface area contributed by atoms with Crippen molar-refractivity contribution in [2.75, 3.05) is 0 Å². The smallest absolute Gasteiger partial charge is 0.310 e. The minimum absolute atomic E-state index is 0.0120. The van der Waals surface area contributed by atoms with E-state index in [0.717, 1.165) is 17.5 Å². The zero-order valence-electron chi connectivity index (χ0n) is 10.4. The second-order valence-corrected chi connectivity index (χ2v) is 4.23. The zero-order valence-corrected chi connectivity index (χ0v) is 10.4. The summed E-state index contributed by atoms with van der Waals surface area (Å²) in [7, 11) is 0. The van der Waals surface area contributed by atoms with E-state index in [9.17, 15) is 14.7 Å². The summed E-state index contributed by atoms with van der Waals surface area (Å²) in [6.45, 7) is 1.98. The van der Waals surface area contributed by atoms with Gasteiger partial charge in [-0.1, -0.05) is 31.2 Å². The van der Waals surface area contributed by atoms with E-state index in [1.54, 1.807) is 0 Å². The Labute approximate surface area is 106 Å². The Morgan fingerprint density at radius 2 is 1.89 bits per heavy atom. The van der Waals surface area contributed by atoms with Gasteiger partial charge in [-0.2, -0.15) is 0 Å². The van der Waals surface area contributed by atoms with Crippen LogP contribution in [0.15, 0.2) is 24.3 Å². The van der Waals surface area contributed by atoms with Crippen molar-refractivity contribution >= 4 is 11.9 Å². The Hall–Kier alpha value is -1.84. The molecule has 0 heterocycles. The van der Waals surface area contributed by atoms with Crippen molar-refractivity contribution in [3.8, 4) is 0 Å². The van der Waals surface area contributed by atoms with Crippen LogP contribution >= 0.6 is 0 Å². The van der Waals surface area contributed by atoms with Gasteiger partial charge in [0.05, 0.1) is 5.92 Å². The van der Waals surface area contributed by atoms with Gasteiger partial charge in [0, 0.05) is 6.42 Å². The van der Waals surface area contributed by atoms with Gasteiger partial charge in [-0.3, -0.25) is 9.59 Å². The molecule has 18 heavy (non-hydrogen) atoms. The minimum atomic E-state index is -0.888. The molecule has 0 aromatic heterocycles. The maximum absolute atomic E-state index is 11.3. The average molecular weight is 250 g/mol. The van der Waals surface area contributed by atoms with E-state index >= 15 is 0 Å². The van der Waals surface area contributed by atoms with E-state index in [-0.39, 0.29) is 6.42 Å². The lowest BCUT2D eigenvalue weighted by Crippen LogP contribution is -2.14. The summed E-state index contributed by atoms with van der Waals surface area (Å²) >= 11 is 0. The first-order chi connectivity index (χ1) is 8.56. The molecule has 1 unspecified atom stereocenters. The summed E-state index contributed by atoms with van der Waals surface area (Å²) in [5.41, 5.74) is 1.82. The van der Waals surface area contributed by atoms with Crippen LogP contribution in [0.2, 0.25) is 0 Å². The molecule has 4 heteroatoms. The van der Waals surface area contributed by atoms with Gasteiger partial charge in [0.25, 0.3) is 0 Å². The first kappa shape index (κ1) is 14.2. The molecule has 0 saturated carbocycles. The highest BCUT2D eigenvalue weighted by Gasteiger charge is 2.21. The van der Waals surface area contributed by atoms with Gasteiger partial charge in [-0.05, 0) is 30.4 Å². The predicted octanol–water partition coefficient (Wildman–Crippen LogP) is 2.67. The van der Waals surface area contributed by atoms with Crippen molar-refractivity contribution in [3.63, 3.8) is 0 Å². The van der Waals surface area contributed by atoms with Crippen LogP contribution < -0.4 is 0 Å². The number of aliphatic carboxylic acids is 2. The number of benzene rings is 1. The van der Waals surface area contributed by atoms with Crippen LogP contribution in [-0.2, 0) is 16.0 Å². The molecular weight excluding hydrogens is 232 g/mol. The Kier molecular flexibility index (Phi) is 5.36. The van der Waals surface area contributed by atoms with Crippen LogP contribution in [0.5, 0.6) is 0 Å². The van der Waals surface area contributed by atoms with E-state index < -0.39 is 17.9 Å². The first-order valence-electron chi connectivity index (χ1n) is 6.08. The number of aryl methyl sites for hydroxylation is 1. The second kappa shape index (κ2) is 6.79. The summed E-state index contributed by atoms with van der Waals surface area (Å²) in [5.74, 6) is -2.38. The fourth-order valence-electron chi connectivity index (χ4n) is 2.07. The number of carboxylic acid groups (broad SMARTS) is 2. The number of carbonyl (C=O) groups is 2. The molecule has 0 spiro atoms. The lowest BCUT2D eigenvalue weighted by atomic mass is 9.89. The first-order valence-corrected chi connectivity index (χ1v) is 6.08. The van der Waals surface area contributed by atoms with E-state index in [4.69, 9.17) is 5.11 Å².